The summed E-state index contributed by atoms with van der Waals surface area (Å²) in [6.45, 7) is 0.796. The number of esters is 1. The van der Waals surface area contributed by atoms with Crippen LogP contribution in [0.1, 0.15) is 42.7 Å². The highest BCUT2D eigenvalue weighted by atomic mass is 16.6. The molecule has 4 rings (SSSR count). The fraction of sp³-hybridized carbons (Fsp3) is 0.462. The second-order valence-corrected chi connectivity index (χ2v) is 8.62. The molecular weight excluding hydrogens is 422 g/mol. The number of carbonyl (C=O) groups excluding carboxylic acids is 2. The zero-order valence-electron chi connectivity index (χ0n) is 19.2. The number of amides is 1. The van der Waals surface area contributed by atoms with Crippen molar-refractivity contribution in [3.8, 4) is 11.5 Å². The van der Waals surface area contributed by atoms with Gasteiger partial charge in [-0.15, -0.1) is 0 Å². The predicted octanol–water partition coefficient (Wildman–Crippen LogP) is 4.54. The molecule has 0 N–H and O–H groups in total. The van der Waals surface area contributed by atoms with Crippen LogP contribution in [0.2, 0.25) is 0 Å². The van der Waals surface area contributed by atoms with E-state index in [0.29, 0.717) is 18.0 Å². The average Bonchev–Trinajstić information content (AvgIpc) is 3.53. The Morgan fingerprint density at radius 3 is 2.42 bits per heavy atom. The van der Waals surface area contributed by atoms with Gasteiger partial charge in [-0.25, -0.2) is 4.79 Å². The first kappa shape index (κ1) is 23.0. The van der Waals surface area contributed by atoms with Gasteiger partial charge in [0.05, 0.1) is 26.2 Å². The molecule has 2 atom stereocenters. The van der Waals surface area contributed by atoms with Gasteiger partial charge in [0, 0.05) is 19.0 Å². The molecule has 0 spiro atoms. The van der Waals surface area contributed by atoms with Gasteiger partial charge in [0.1, 0.15) is 6.61 Å². The Kier molecular flexibility index (Phi) is 7.37. The molecule has 0 unspecified atom stereocenters. The number of ether oxygens (including phenoxy) is 4. The molecule has 1 aliphatic carbocycles. The Bertz CT molecular complexity index is 957. The molecule has 7 nitrogen and oxygen atoms in total. The lowest BCUT2D eigenvalue weighted by Gasteiger charge is -2.20. The van der Waals surface area contributed by atoms with Crippen LogP contribution >= 0.6 is 0 Å². The summed E-state index contributed by atoms with van der Waals surface area (Å²) in [6, 6.07) is 15.3. The van der Waals surface area contributed by atoms with Crippen LogP contribution in [-0.2, 0) is 20.9 Å². The van der Waals surface area contributed by atoms with Crippen LogP contribution in [0.3, 0.4) is 0 Å². The largest absolute Gasteiger partial charge is 0.493 e. The van der Waals surface area contributed by atoms with E-state index in [9.17, 15) is 9.59 Å². The maximum Gasteiger partial charge on any atom is 0.410 e. The number of benzene rings is 2. The highest BCUT2D eigenvalue weighted by molar-refractivity contribution is 5.77. The second kappa shape index (κ2) is 10.6. The maximum atomic E-state index is 12.8. The molecule has 1 aliphatic heterocycles. The number of likely N-dealkylation sites (tertiary alicyclic amines) is 1. The number of hydrogen-bond donors (Lipinski definition) is 0. The smallest absolute Gasteiger partial charge is 0.410 e. The number of rotatable bonds is 7. The van der Waals surface area contributed by atoms with Gasteiger partial charge in [0.15, 0.2) is 11.5 Å². The van der Waals surface area contributed by atoms with E-state index in [0.717, 1.165) is 24.0 Å². The first-order valence-corrected chi connectivity index (χ1v) is 11.5. The summed E-state index contributed by atoms with van der Waals surface area (Å²) in [4.78, 5) is 26.9. The molecule has 2 aromatic rings. The van der Waals surface area contributed by atoms with Crippen molar-refractivity contribution in [1.82, 2.24) is 4.90 Å². The van der Waals surface area contributed by atoms with E-state index in [1.165, 1.54) is 20.0 Å². The molecule has 2 aromatic carbocycles. The van der Waals surface area contributed by atoms with Gasteiger partial charge in [-0.3, -0.25) is 4.79 Å². The number of carbonyl (C=O) groups is 2. The summed E-state index contributed by atoms with van der Waals surface area (Å²) in [5.74, 6) is 0.297. The number of hydrogen-bond acceptors (Lipinski definition) is 6. The maximum absolute atomic E-state index is 12.8. The molecule has 1 saturated carbocycles. The molecule has 176 valence electrons. The molecule has 0 bridgehead atoms. The van der Waals surface area contributed by atoms with Crippen LogP contribution in [0.25, 0.3) is 0 Å². The number of methoxy groups -OCH3 is 2. The first-order chi connectivity index (χ1) is 16.1. The molecule has 1 saturated heterocycles. The van der Waals surface area contributed by atoms with Crippen LogP contribution < -0.4 is 9.47 Å². The minimum atomic E-state index is -0.480. The minimum absolute atomic E-state index is 0.179. The summed E-state index contributed by atoms with van der Waals surface area (Å²) in [7, 11) is 2.99. The van der Waals surface area contributed by atoms with E-state index in [4.69, 9.17) is 18.9 Å². The fourth-order valence-electron chi connectivity index (χ4n) is 4.69. The zero-order valence-corrected chi connectivity index (χ0v) is 19.2. The minimum Gasteiger partial charge on any atom is -0.493 e. The van der Waals surface area contributed by atoms with Gasteiger partial charge in [0.25, 0.3) is 0 Å². The molecular formula is C26H31NO6. The lowest BCUT2D eigenvalue weighted by atomic mass is 9.89. The van der Waals surface area contributed by atoms with Gasteiger partial charge in [-0.05, 0) is 48.9 Å². The van der Waals surface area contributed by atoms with E-state index in [2.05, 4.69) is 0 Å². The van der Waals surface area contributed by atoms with Crippen molar-refractivity contribution >= 4 is 12.1 Å². The molecule has 1 amide bonds. The van der Waals surface area contributed by atoms with Gasteiger partial charge in [-0.1, -0.05) is 36.4 Å². The first-order valence-electron chi connectivity index (χ1n) is 11.5. The third-order valence-electron chi connectivity index (χ3n) is 6.50. The third kappa shape index (κ3) is 5.41. The van der Waals surface area contributed by atoms with Gasteiger partial charge in [-0.2, -0.15) is 0 Å². The van der Waals surface area contributed by atoms with E-state index in [1.54, 1.807) is 12.0 Å². The van der Waals surface area contributed by atoms with Crippen molar-refractivity contribution in [3.05, 3.63) is 59.7 Å². The highest BCUT2D eigenvalue weighted by Crippen LogP contribution is 2.39. The van der Waals surface area contributed by atoms with E-state index >= 15 is 0 Å². The highest BCUT2D eigenvalue weighted by Gasteiger charge is 2.42. The Balaban J connectivity index is 1.51. The van der Waals surface area contributed by atoms with Crippen molar-refractivity contribution in [1.29, 1.82) is 0 Å². The molecule has 1 heterocycles. The summed E-state index contributed by atoms with van der Waals surface area (Å²) in [5.41, 5.74) is 1.83. The van der Waals surface area contributed by atoms with Gasteiger partial charge in [0.2, 0.25) is 0 Å². The quantitative estimate of drug-likeness (QED) is 0.573. The Hall–Kier alpha value is -3.22. The van der Waals surface area contributed by atoms with Crippen LogP contribution in [0.15, 0.2) is 48.5 Å². The van der Waals surface area contributed by atoms with Crippen molar-refractivity contribution in [2.75, 3.05) is 27.3 Å². The standard InChI is InChI=1S/C26H31NO6/c1-30-23-13-12-19(14-24(23)33-20-10-6-7-11-20)21-15-27(16-22(21)25(28)31-2)26(29)32-17-18-8-4-3-5-9-18/h3-5,8-9,12-14,20-22H,6-7,10-11,15-17H2,1-2H3/t21-,22+/m0/s1. The summed E-state index contributed by atoms with van der Waals surface area (Å²) in [5, 5.41) is 0. The van der Waals surface area contributed by atoms with Crippen molar-refractivity contribution in [3.63, 3.8) is 0 Å². The number of nitrogens with zero attached hydrogens (tertiary/aromatic N) is 1. The van der Waals surface area contributed by atoms with Crippen molar-refractivity contribution in [2.24, 2.45) is 5.92 Å². The van der Waals surface area contributed by atoms with Crippen LogP contribution in [0.4, 0.5) is 4.79 Å². The van der Waals surface area contributed by atoms with Crippen LogP contribution in [-0.4, -0.2) is 50.4 Å². The molecule has 2 fully saturated rings. The molecule has 0 radical (unpaired) electrons. The lowest BCUT2D eigenvalue weighted by Crippen LogP contribution is -2.30. The molecule has 7 heteroatoms. The monoisotopic (exact) mass is 453 g/mol. The van der Waals surface area contributed by atoms with E-state index < -0.39 is 12.0 Å². The molecule has 2 aliphatic rings. The van der Waals surface area contributed by atoms with Crippen molar-refractivity contribution < 1.29 is 28.5 Å². The molecule has 33 heavy (non-hydrogen) atoms. The second-order valence-electron chi connectivity index (χ2n) is 8.62. The van der Waals surface area contributed by atoms with Crippen molar-refractivity contribution in [2.45, 2.75) is 44.3 Å². The fourth-order valence-corrected chi connectivity index (χ4v) is 4.69. The third-order valence-corrected chi connectivity index (χ3v) is 6.50. The normalized spacial score (nSPS) is 20.5. The summed E-state index contributed by atoms with van der Waals surface area (Å²) < 4.78 is 22.3. The summed E-state index contributed by atoms with van der Waals surface area (Å²) in [6.07, 6.45) is 4.13. The zero-order chi connectivity index (χ0) is 23.2. The van der Waals surface area contributed by atoms with E-state index in [1.807, 2.05) is 48.5 Å². The lowest BCUT2D eigenvalue weighted by molar-refractivity contribution is -0.145. The topological polar surface area (TPSA) is 74.3 Å². The Labute approximate surface area is 194 Å². The average molecular weight is 454 g/mol. The van der Waals surface area contributed by atoms with Gasteiger partial charge >= 0.3 is 12.1 Å². The molecule has 0 aromatic heterocycles. The summed E-state index contributed by atoms with van der Waals surface area (Å²) >= 11 is 0. The van der Waals surface area contributed by atoms with Crippen LogP contribution in [0, 0.1) is 5.92 Å². The van der Waals surface area contributed by atoms with Gasteiger partial charge < -0.3 is 23.8 Å². The SMILES string of the molecule is COC(=O)[C@@H]1CN(C(=O)OCc2ccccc2)C[C@H]1c1ccc(OC)c(OC2CCCC2)c1. The van der Waals surface area contributed by atoms with Crippen LogP contribution in [0.5, 0.6) is 11.5 Å². The predicted molar refractivity (Wildman–Crippen MR) is 122 cm³/mol. The Morgan fingerprint density at radius 1 is 0.970 bits per heavy atom. The van der Waals surface area contributed by atoms with E-state index in [-0.39, 0.29) is 31.1 Å². The Morgan fingerprint density at radius 2 is 1.73 bits per heavy atom.